The van der Waals surface area contributed by atoms with Gasteiger partial charge in [0.25, 0.3) is 0 Å². The Bertz CT molecular complexity index is 1540. The fourth-order valence-corrected chi connectivity index (χ4v) is 4.11. The van der Waals surface area contributed by atoms with Crippen molar-refractivity contribution in [2.45, 2.75) is 0 Å². The number of benzene rings is 4. The standard InChI is InChI=1S/C27H17N3/c1-3-11-20-18(8-1)10-7-14-22(20)27-29-24-15-6-5-13-23(24)26(30-27)25-21-12-4-2-9-19(21)16-17-28-25/h1-17H. The molecule has 6 rings (SSSR count). The summed E-state index contributed by atoms with van der Waals surface area (Å²) in [6.07, 6.45) is 1.85. The van der Waals surface area contributed by atoms with E-state index in [2.05, 4.69) is 60.7 Å². The molecule has 0 N–H and O–H groups in total. The Morgan fingerprint density at radius 1 is 0.467 bits per heavy atom. The van der Waals surface area contributed by atoms with E-state index in [1.807, 2.05) is 42.6 Å². The molecule has 0 spiro atoms. The third-order valence-corrected chi connectivity index (χ3v) is 5.53. The molecule has 0 bridgehead atoms. The van der Waals surface area contributed by atoms with Crippen molar-refractivity contribution in [2.24, 2.45) is 0 Å². The van der Waals surface area contributed by atoms with Crippen LogP contribution in [0.2, 0.25) is 0 Å². The molecule has 2 heterocycles. The van der Waals surface area contributed by atoms with Crippen molar-refractivity contribution in [3.8, 4) is 22.8 Å². The van der Waals surface area contributed by atoms with Crippen LogP contribution in [0.15, 0.2) is 103 Å². The Balaban J connectivity index is 1.71. The lowest BCUT2D eigenvalue weighted by atomic mass is 10.0. The van der Waals surface area contributed by atoms with Gasteiger partial charge < -0.3 is 0 Å². The molecule has 0 saturated carbocycles. The molecular weight excluding hydrogens is 366 g/mol. The molecule has 0 saturated heterocycles. The summed E-state index contributed by atoms with van der Waals surface area (Å²) in [6, 6.07) is 33.1. The molecule has 4 aromatic carbocycles. The lowest BCUT2D eigenvalue weighted by molar-refractivity contribution is 1.21. The molecule has 2 aromatic heterocycles. The quantitative estimate of drug-likeness (QED) is 0.335. The van der Waals surface area contributed by atoms with Crippen molar-refractivity contribution in [1.29, 1.82) is 0 Å². The Morgan fingerprint density at radius 3 is 2.00 bits per heavy atom. The number of hydrogen-bond donors (Lipinski definition) is 0. The van der Waals surface area contributed by atoms with Crippen molar-refractivity contribution in [3.05, 3.63) is 103 Å². The predicted octanol–water partition coefficient (Wildman–Crippen LogP) is 6.67. The first-order valence-corrected chi connectivity index (χ1v) is 9.97. The van der Waals surface area contributed by atoms with Crippen LogP contribution < -0.4 is 0 Å². The molecular formula is C27H17N3. The summed E-state index contributed by atoms with van der Waals surface area (Å²) in [7, 11) is 0. The molecule has 0 aliphatic rings. The van der Waals surface area contributed by atoms with E-state index in [1.54, 1.807) is 0 Å². The van der Waals surface area contributed by atoms with E-state index < -0.39 is 0 Å². The second kappa shape index (κ2) is 6.75. The maximum Gasteiger partial charge on any atom is 0.161 e. The third-order valence-electron chi connectivity index (χ3n) is 5.53. The zero-order valence-corrected chi connectivity index (χ0v) is 16.2. The minimum absolute atomic E-state index is 0.718. The van der Waals surface area contributed by atoms with Crippen LogP contribution in [0.25, 0.3) is 55.2 Å². The number of aromatic nitrogens is 3. The Kier molecular flexibility index (Phi) is 3.78. The molecule has 0 fully saturated rings. The smallest absolute Gasteiger partial charge is 0.161 e. The number of nitrogens with zero attached hydrogens (tertiary/aromatic N) is 3. The van der Waals surface area contributed by atoms with Crippen molar-refractivity contribution < 1.29 is 0 Å². The van der Waals surface area contributed by atoms with E-state index in [9.17, 15) is 0 Å². The lowest BCUT2D eigenvalue weighted by Gasteiger charge is -2.12. The number of fused-ring (bicyclic) bond motifs is 3. The van der Waals surface area contributed by atoms with Crippen LogP contribution in [0.1, 0.15) is 0 Å². The monoisotopic (exact) mass is 383 g/mol. The maximum absolute atomic E-state index is 5.07. The summed E-state index contributed by atoms with van der Waals surface area (Å²) in [5.74, 6) is 0.718. The van der Waals surface area contributed by atoms with Gasteiger partial charge in [-0.3, -0.25) is 4.98 Å². The van der Waals surface area contributed by atoms with Crippen LogP contribution >= 0.6 is 0 Å². The minimum Gasteiger partial charge on any atom is -0.254 e. The van der Waals surface area contributed by atoms with Crippen molar-refractivity contribution in [3.63, 3.8) is 0 Å². The first-order chi connectivity index (χ1) is 14.9. The van der Waals surface area contributed by atoms with Gasteiger partial charge in [-0.25, -0.2) is 9.97 Å². The molecule has 0 radical (unpaired) electrons. The fourth-order valence-electron chi connectivity index (χ4n) is 4.11. The highest BCUT2D eigenvalue weighted by atomic mass is 14.9. The molecule has 0 amide bonds. The van der Waals surface area contributed by atoms with E-state index in [0.717, 1.165) is 49.8 Å². The average molecular weight is 383 g/mol. The van der Waals surface area contributed by atoms with Crippen LogP contribution in [-0.2, 0) is 0 Å². The van der Waals surface area contributed by atoms with Crippen LogP contribution in [0.5, 0.6) is 0 Å². The summed E-state index contributed by atoms with van der Waals surface area (Å²) in [4.78, 5) is 14.7. The van der Waals surface area contributed by atoms with Gasteiger partial charge in [-0.2, -0.15) is 0 Å². The molecule has 3 heteroatoms. The SMILES string of the molecule is c1ccc2c(-c3nc(-c4nccc5ccccc45)c4ccccc4n3)cccc2c1. The highest BCUT2D eigenvalue weighted by Crippen LogP contribution is 2.33. The number of hydrogen-bond acceptors (Lipinski definition) is 3. The molecule has 0 aliphatic carbocycles. The Labute approximate surface area is 173 Å². The van der Waals surface area contributed by atoms with Crippen LogP contribution in [0.3, 0.4) is 0 Å². The Hall–Kier alpha value is -4.11. The number of para-hydroxylation sites is 1. The lowest BCUT2D eigenvalue weighted by Crippen LogP contribution is -1.97. The van der Waals surface area contributed by atoms with Gasteiger partial charge in [0.05, 0.1) is 11.2 Å². The van der Waals surface area contributed by atoms with Crippen molar-refractivity contribution in [1.82, 2.24) is 15.0 Å². The zero-order valence-electron chi connectivity index (χ0n) is 16.2. The zero-order chi connectivity index (χ0) is 19.9. The van der Waals surface area contributed by atoms with Crippen LogP contribution in [0.4, 0.5) is 0 Å². The van der Waals surface area contributed by atoms with Gasteiger partial charge in [0.1, 0.15) is 5.69 Å². The van der Waals surface area contributed by atoms with Crippen molar-refractivity contribution in [2.75, 3.05) is 0 Å². The summed E-state index contributed by atoms with van der Waals surface area (Å²) in [6.45, 7) is 0. The number of rotatable bonds is 2. The highest BCUT2D eigenvalue weighted by Gasteiger charge is 2.15. The van der Waals surface area contributed by atoms with Gasteiger partial charge in [-0.05, 0) is 28.3 Å². The molecule has 3 nitrogen and oxygen atoms in total. The Morgan fingerprint density at radius 2 is 1.13 bits per heavy atom. The third kappa shape index (κ3) is 2.64. The molecule has 6 aromatic rings. The van der Waals surface area contributed by atoms with Gasteiger partial charge in [-0.1, -0.05) is 84.9 Å². The van der Waals surface area contributed by atoms with E-state index in [4.69, 9.17) is 15.0 Å². The second-order valence-electron chi connectivity index (χ2n) is 7.32. The van der Waals surface area contributed by atoms with E-state index in [0.29, 0.717) is 0 Å². The average Bonchev–Trinajstić information content (AvgIpc) is 2.82. The van der Waals surface area contributed by atoms with Crippen LogP contribution in [0, 0.1) is 0 Å². The summed E-state index contributed by atoms with van der Waals surface area (Å²) in [5, 5.41) is 5.57. The predicted molar refractivity (Wildman–Crippen MR) is 123 cm³/mol. The van der Waals surface area contributed by atoms with Crippen molar-refractivity contribution >= 4 is 32.4 Å². The minimum atomic E-state index is 0.718. The first-order valence-electron chi connectivity index (χ1n) is 9.97. The van der Waals surface area contributed by atoms with E-state index >= 15 is 0 Å². The normalized spacial score (nSPS) is 11.3. The molecule has 0 aliphatic heterocycles. The largest absolute Gasteiger partial charge is 0.254 e. The topological polar surface area (TPSA) is 38.7 Å². The van der Waals surface area contributed by atoms with E-state index in [-0.39, 0.29) is 0 Å². The van der Waals surface area contributed by atoms with Gasteiger partial charge >= 0.3 is 0 Å². The first kappa shape index (κ1) is 16.8. The molecule has 0 unspecified atom stereocenters. The van der Waals surface area contributed by atoms with Gasteiger partial charge in [0.2, 0.25) is 0 Å². The number of pyridine rings is 1. The van der Waals surface area contributed by atoms with Gasteiger partial charge in [0.15, 0.2) is 5.82 Å². The van der Waals surface area contributed by atoms with Gasteiger partial charge in [-0.15, -0.1) is 0 Å². The summed E-state index contributed by atoms with van der Waals surface area (Å²) in [5.41, 5.74) is 3.69. The summed E-state index contributed by atoms with van der Waals surface area (Å²) < 4.78 is 0. The highest BCUT2D eigenvalue weighted by molar-refractivity contribution is 6.03. The van der Waals surface area contributed by atoms with E-state index in [1.165, 1.54) is 5.39 Å². The second-order valence-corrected chi connectivity index (χ2v) is 7.32. The molecule has 0 atom stereocenters. The summed E-state index contributed by atoms with van der Waals surface area (Å²) >= 11 is 0. The molecule has 30 heavy (non-hydrogen) atoms. The fraction of sp³-hybridized carbons (Fsp3) is 0. The van der Waals surface area contributed by atoms with Crippen LogP contribution in [-0.4, -0.2) is 15.0 Å². The molecule has 140 valence electrons. The maximum atomic E-state index is 5.07. The van der Waals surface area contributed by atoms with Gasteiger partial charge in [0, 0.05) is 22.5 Å².